The summed E-state index contributed by atoms with van der Waals surface area (Å²) in [6.07, 6.45) is 2.99. The number of hydrazone groups is 1. The molecule has 42 heavy (non-hydrogen) atoms. The van der Waals surface area contributed by atoms with E-state index in [1.165, 1.54) is 37.6 Å². The Balaban J connectivity index is 1.44. The minimum Gasteiger partial charge on any atom is -0.507 e. The van der Waals surface area contributed by atoms with Crippen LogP contribution in [0.3, 0.4) is 0 Å². The molecule has 0 saturated heterocycles. The minimum atomic E-state index is -1.22. The molecule has 0 aliphatic heterocycles. The number of aromatic hydroxyl groups is 1. The minimum absolute atomic E-state index is 0.0324. The lowest BCUT2D eigenvalue weighted by Gasteiger charge is -2.13. The second kappa shape index (κ2) is 13.6. The summed E-state index contributed by atoms with van der Waals surface area (Å²) < 4.78 is 11.4. The second-order valence-corrected chi connectivity index (χ2v) is 9.04. The molecular weight excluding hydrogens is 562 g/mol. The number of halogens is 1. The number of phenols is 1. The summed E-state index contributed by atoms with van der Waals surface area (Å²) in [7, 11) is 1.45. The topological polar surface area (TPSA) is 147 Å². The molecule has 0 fully saturated rings. The normalized spacial score (nSPS) is 10.9. The highest BCUT2D eigenvalue weighted by molar-refractivity contribution is 6.30. The number of para-hydroxylation sites is 1. The first-order valence-electron chi connectivity index (χ1n) is 12.3. The van der Waals surface area contributed by atoms with E-state index in [2.05, 4.69) is 15.8 Å². The summed E-state index contributed by atoms with van der Waals surface area (Å²) in [5.41, 5.74) is 5.01. The molecule has 0 saturated carbocycles. The Bertz CT molecular complexity index is 1680. The molecule has 10 nitrogen and oxygen atoms in total. The van der Waals surface area contributed by atoms with Gasteiger partial charge in [-0.25, -0.2) is 10.2 Å². The molecule has 0 aliphatic rings. The third-order valence-electron chi connectivity index (χ3n) is 5.74. The number of nitrogens with one attached hydrogen (secondary N) is 2. The maximum atomic E-state index is 12.6. The molecule has 4 rings (SSSR count). The fraction of sp³-hybridized carbons (Fsp3) is 0.0323. The highest BCUT2D eigenvalue weighted by Crippen LogP contribution is 2.34. The zero-order valence-corrected chi connectivity index (χ0v) is 22.8. The van der Waals surface area contributed by atoms with E-state index in [4.69, 9.17) is 26.2 Å². The predicted octanol–water partition coefficient (Wildman–Crippen LogP) is 5.86. The first-order valence-corrected chi connectivity index (χ1v) is 12.7. The van der Waals surface area contributed by atoms with E-state index in [9.17, 15) is 19.5 Å². The molecular formula is C31H24ClN3O7. The van der Waals surface area contributed by atoms with E-state index in [1.807, 2.05) is 12.1 Å². The van der Waals surface area contributed by atoms with Gasteiger partial charge in [0.25, 0.3) is 5.91 Å². The molecule has 0 atom stereocenters. The van der Waals surface area contributed by atoms with Crippen molar-refractivity contribution in [2.45, 2.75) is 0 Å². The number of ether oxygens (including phenoxy) is 2. The van der Waals surface area contributed by atoms with Gasteiger partial charge in [0.2, 0.25) is 5.91 Å². The number of nitrogens with zero attached hydrogens (tertiary/aromatic N) is 1. The number of carbonyl (C=O) groups is 3. The van der Waals surface area contributed by atoms with E-state index >= 15 is 0 Å². The number of rotatable bonds is 10. The van der Waals surface area contributed by atoms with Crippen LogP contribution in [0.25, 0.3) is 11.1 Å². The molecule has 0 aromatic heterocycles. The van der Waals surface area contributed by atoms with E-state index in [0.717, 1.165) is 23.3 Å². The van der Waals surface area contributed by atoms with Crippen molar-refractivity contribution in [1.82, 2.24) is 5.43 Å². The number of anilines is 1. The summed E-state index contributed by atoms with van der Waals surface area (Å²) in [6.45, 7) is 0. The van der Waals surface area contributed by atoms with Crippen LogP contribution in [0.1, 0.15) is 15.9 Å². The Morgan fingerprint density at radius 2 is 1.67 bits per heavy atom. The van der Waals surface area contributed by atoms with Crippen LogP contribution in [0.15, 0.2) is 102 Å². The lowest BCUT2D eigenvalue weighted by Crippen LogP contribution is -2.17. The third kappa shape index (κ3) is 7.74. The number of methoxy groups -OCH3 is 1. The molecule has 212 valence electrons. The van der Waals surface area contributed by atoms with Crippen LogP contribution in [0.4, 0.5) is 5.69 Å². The van der Waals surface area contributed by atoms with Crippen LogP contribution in [-0.4, -0.2) is 41.3 Å². The average molecular weight is 586 g/mol. The number of benzene rings is 4. The molecule has 0 bridgehead atoms. The number of hydrogen-bond acceptors (Lipinski definition) is 7. The Hall–Kier alpha value is -5.61. The van der Waals surface area contributed by atoms with Gasteiger partial charge in [0.05, 0.1) is 13.3 Å². The van der Waals surface area contributed by atoms with Crippen molar-refractivity contribution in [2.24, 2.45) is 5.10 Å². The van der Waals surface area contributed by atoms with Crippen molar-refractivity contribution in [3.05, 3.63) is 113 Å². The molecule has 4 aromatic carbocycles. The predicted molar refractivity (Wildman–Crippen MR) is 159 cm³/mol. The van der Waals surface area contributed by atoms with Crippen molar-refractivity contribution in [2.75, 3.05) is 12.4 Å². The number of phenolic OH excluding ortho intramolecular Hbond substituents is 1. The summed E-state index contributed by atoms with van der Waals surface area (Å²) in [5, 5.41) is 25.6. The molecule has 2 amide bonds. The zero-order chi connectivity index (χ0) is 30.1. The zero-order valence-electron chi connectivity index (χ0n) is 22.1. The largest absolute Gasteiger partial charge is 0.507 e. The number of carbonyl (C=O) groups excluding carboxylic acids is 2. The summed E-state index contributed by atoms with van der Waals surface area (Å²) >= 11 is 5.92. The molecule has 4 N–H and O–H groups in total. The smallest absolute Gasteiger partial charge is 0.328 e. The maximum Gasteiger partial charge on any atom is 0.328 e. The average Bonchev–Trinajstić information content (AvgIpc) is 2.98. The Morgan fingerprint density at radius 3 is 2.40 bits per heavy atom. The van der Waals surface area contributed by atoms with Crippen LogP contribution in [-0.2, 0) is 9.59 Å². The first-order chi connectivity index (χ1) is 20.2. The number of amides is 2. The van der Waals surface area contributed by atoms with Crippen molar-refractivity contribution < 1.29 is 34.1 Å². The van der Waals surface area contributed by atoms with Crippen molar-refractivity contribution in [1.29, 1.82) is 0 Å². The van der Waals surface area contributed by atoms with E-state index < -0.39 is 17.8 Å². The third-order valence-corrected chi connectivity index (χ3v) is 5.98. The van der Waals surface area contributed by atoms with Gasteiger partial charge in [-0.05, 0) is 60.2 Å². The van der Waals surface area contributed by atoms with Gasteiger partial charge in [0.15, 0.2) is 11.5 Å². The molecule has 11 heteroatoms. The lowest BCUT2D eigenvalue weighted by atomic mass is 10.0. The number of carboxylic acids is 1. The van der Waals surface area contributed by atoms with Gasteiger partial charge in [0, 0.05) is 39.6 Å². The van der Waals surface area contributed by atoms with Crippen molar-refractivity contribution >= 4 is 41.3 Å². The van der Waals surface area contributed by atoms with Gasteiger partial charge >= 0.3 is 5.97 Å². The Morgan fingerprint density at radius 1 is 0.905 bits per heavy atom. The Kier molecular flexibility index (Phi) is 9.54. The summed E-state index contributed by atoms with van der Waals surface area (Å²) in [6, 6.07) is 23.3. The van der Waals surface area contributed by atoms with Crippen molar-refractivity contribution in [3.8, 4) is 34.1 Å². The highest BCUT2D eigenvalue weighted by Gasteiger charge is 2.13. The number of hydrogen-bond donors (Lipinski definition) is 4. The van der Waals surface area contributed by atoms with Crippen molar-refractivity contribution in [3.63, 3.8) is 0 Å². The van der Waals surface area contributed by atoms with Gasteiger partial charge in [-0.1, -0.05) is 41.9 Å². The van der Waals surface area contributed by atoms with E-state index in [-0.39, 0.29) is 11.3 Å². The summed E-state index contributed by atoms with van der Waals surface area (Å²) in [4.78, 5) is 35.3. The first kappa shape index (κ1) is 29.4. The fourth-order valence-corrected chi connectivity index (χ4v) is 3.92. The fourth-order valence-electron chi connectivity index (χ4n) is 3.74. The van der Waals surface area contributed by atoms with Gasteiger partial charge in [-0.2, -0.15) is 5.10 Å². The monoisotopic (exact) mass is 585 g/mol. The molecule has 0 aliphatic carbocycles. The lowest BCUT2D eigenvalue weighted by molar-refractivity contribution is -0.131. The summed E-state index contributed by atoms with van der Waals surface area (Å²) in [5.74, 6) is -1.16. The van der Waals surface area contributed by atoms with Gasteiger partial charge in [-0.15, -0.1) is 0 Å². The maximum absolute atomic E-state index is 12.6. The molecule has 4 aromatic rings. The second-order valence-electron chi connectivity index (χ2n) is 8.60. The Labute approximate surface area is 245 Å². The van der Waals surface area contributed by atoms with E-state index in [1.54, 1.807) is 48.5 Å². The SMILES string of the molecule is COc1cc(C(=O)N/N=C/c2cc(Cl)ccc2O)ccc1Oc1ccc(-c2ccccc2NC(=O)/C=C\C(=O)O)cc1. The number of carboxylic acid groups (broad SMARTS) is 1. The standard InChI is InChI=1S/C31H24ClN3O7/c1-41-28-17-20(31(40)35-33-18-21-16-22(32)9-12-26(21)36)8-13-27(28)42-23-10-6-19(7-11-23)24-4-2-3-5-25(24)34-29(37)14-15-30(38)39/h2-18,36H,1H3,(H,34,37)(H,35,40)(H,38,39)/b15-14-,33-18+. The van der Waals surface area contributed by atoms with Gasteiger partial charge in [0.1, 0.15) is 11.5 Å². The van der Waals surface area contributed by atoms with E-state index in [0.29, 0.717) is 33.5 Å². The van der Waals surface area contributed by atoms with Crippen LogP contribution < -0.4 is 20.2 Å². The molecule has 0 radical (unpaired) electrons. The van der Waals surface area contributed by atoms with Gasteiger partial charge < -0.3 is 25.0 Å². The molecule has 0 spiro atoms. The molecule has 0 unspecified atom stereocenters. The van der Waals surface area contributed by atoms with Crippen LogP contribution in [0, 0.1) is 0 Å². The number of aliphatic carboxylic acids is 1. The quantitative estimate of drug-likeness (QED) is 0.104. The van der Waals surface area contributed by atoms with Crippen LogP contribution >= 0.6 is 11.6 Å². The highest BCUT2D eigenvalue weighted by atomic mass is 35.5. The van der Waals surface area contributed by atoms with Crippen LogP contribution in [0.5, 0.6) is 23.0 Å². The van der Waals surface area contributed by atoms with Crippen LogP contribution in [0.2, 0.25) is 5.02 Å². The molecule has 0 heterocycles. The van der Waals surface area contributed by atoms with Gasteiger partial charge in [-0.3, -0.25) is 9.59 Å².